The molecule has 9 nitrogen and oxygen atoms in total. The summed E-state index contributed by atoms with van der Waals surface area (Å²) < 4.78 is 71.5. The average molecular weight is 538 g/mol. The zero-order chi connectivity index (χ0) is 28.2. The number of amides is 3. The van der Waals surface area contributed by atoms with Gasteiger partial charge >= 0.3 is 18.3 Å². The number of nitrogens with zero attached hydrogens (tertiary/aromatic N) is 2. The number of hydrogen-bond acceptors (Lipinski definition) is 5. The number of carbonyl (C=O) groups is 2. The van der Waals surface area contributed by atoms with E-state index in [1.54, 1.807) is 39.0 Å². The Bertz CT molecular complexity index is 1100. The lowest BCUT2D eigenvalue weighted by Crippen LogP contribution is -2.56. The zero-order valence-electron chi connectivity index (χ0n) is 21.5. The fourth-order valence-corrected chi connectivity index (χ4v) is 2.95. The zero-order valence-corrected chi connectivity index (χ0v) is 21.5. The Kier molecular flexibility index (Phi) is 9.00. The van der Waals surface area contributed by atoms with Crippen LogP contribution in [0.15, 0.2) is 18.2 Å². The topological polar surface area (TPSA) is 109 Å². The Labute approximate surface area is 211 Å². The highest BCUT2D eigenvalue weighted by Crippen LogP contribution is 2.31. The SMILES string of the molecule is CC(C)(C)OC(=O)NCc1nc2ccc(CN3CC(F)(F)CNC3=O)cc2[nH]1.COC(C)(C)C(F)(F)F. The van der Waals surface area contributed by atoms with Gasteiger partial charge in [-0.3, -0.25) is 0 Å². The molecule has 1 aromatic heterocycles. The van der Waals surface area contributed by atoms with E-state index in [2.05, 4.69) is 25.3 Å². The summed E-state index contributed by atoms with van der Waals surface area (Å²) in [5.41, 5.74) is -0.575. The number of benzene rings is 1. The van der Waals surface area contributed by atoms with E-state index in [-0.39, 0.29) is 13.1 Å². The number of alkyl halides is 5. The number of methoxy groups -OCH3 is 1. The molecule has 1 fully saturated rings. The lowest BCUT2D eigenvalue weighted by Gasteiger charge is -2.32. The van der Waals surface area contributed by atoms with Crippen molar-refractivity contribution in [2.45, 2.75) is 71.0 Å². The summed E-state index contributed by atoms with van der Waals surface area (Å²) in [5.74, 6) is -2.42. The number of halogens is 5. The van der Waals surface area contributed by atoms with Crippen LogP contribution in [0.2, 0.25) is 0 Å². The molecule has 1 saturated heterocycles. The number of aromatic amines is 1. The van der Waals surface area contributed by atoms with Crippen molar-refractivity contribution in [3.8, 4) is 0 Å². The molecular weight excluding hydrogens is 505 g/mol. The van der Waals surface area contributed by atoms with Crippen molar-refractivity contribution < 1.29 is 41.0 Å². The summed E-state index contributed by atoms with van der Waals surface area (Å²) in [7, 11) is 1.04. The number of carbonyl (C=O) groups excluding carboxylic acids is 2. The maximum absolute atomic E-state index is 13.5. The average Bonchev–Trinajstić information content (AvgIpc) is 3.15. The minimum atomic E-state index is -4.28. The number of imidazole rings is 1. The van der Waals surface area contributed by atoms with Gasteiger partial charge in [0.25, 0.3) is 5.92 Å². The van der Waals surface area contributed by atoms with Gasteiger partial charge in [-0.25, -0.2) is 23.4 Å². The van der Waals surface area contributed by atoms with Gasteiger partial charge in [-0.05, 0) is 52.3 Å². The maximum atomic E-state index is 13.5. The highest BCUT2D eigenvalue weighted by molar-refractivity contribution is 5.77. The summed E-state index contributed by atoms with van der Waals surface area (Å²) >= 11 is 0. The van der Waals surface area contributed by atoms with E-state index >= 15 is 0 Å². The number of nitrogens with one attached hydrogen (secondary N) is 3. The van der Waals surface area contributed by atoms with Crippen LogP contribution in [0.4, 0.5) is 31.5 Å². The number of ether oxygens (including phenoxy) is 2. The van der Waals surface area contributed by atoms with Gasteiger partial charge in [0.2, 0.25) is 0 Å². The number of H-pyrrole nitrogens is 1. The molecule has 37 heavy (non-hydrogen) atoms. The van der Waals surface area contributed by atoms with Gasteiger partial charge in [-0.2, -0.15) is 13.2 Å². The molecule has 0 radical (unpaired) electrons. The van der Waals surface area contributed by atoms with Crippen LogP contribution in [0.5, 0.6) is 0 Å². The monoisotopic (exact) mass is 537 g/mol. The third kappa shape index (κ3) is 9.02. The molecule has 0 bridgehead atoms. The minimum absolute atomic E-state index is 0.0574. The summed E-state index contributed by atoms with van der Waals surface area (Å²) in [6.45, 7) is 6.22. The van der Waals surface area contributed by atoms with Crippen molar-refractivity contribution in [2.24, 2.45) is 0 Å². The van der Waals surface area contributed by atoms with E-state index in [0.29, 0.717) is 22.4 Å². The number of urea groups is 1. The van der Waals surface area contributed by atoms with Crippen LogP contribution in [0, 0.1) is 0 Å². The molecule has 14 heteroatoms. The highest BCUT2D eigenvalue weighted by atomic mass is 19.4. The maximum Gasteiger partial charge on any atom is 0.416 e. The Morgan fingerprint density at radius 2 is 1.84 bits per heavy atom. The van der Waals surface area contributed by atoms with Gasteiger partial charge in [0.05, 0.1) is 30.7 Å². The molecule has 1 aliphatic rings. The smallest absolute Gasteiger partial charge is 0.416 e. The molecule has 1 aliphatic heterocycles. The molecule has 2 heterocycles. The highest BCUT2D eigenvalue weighted by Gasteiger charge is 2.47. The fourth-order valence-electron chi connectivity index (χ4n) is 2.95. The predicted octanol–water partition coefficient (Wildman–Crippen LogP) is 4.72. The first-order chi connectivity index (χ1) is 16.8. The van der Waals surface area contributed by atoms with Crippen LogP contribution >= 0.6 is 0 Å². The fraction of sp³-hybridized carbons (Fsp3) is 0.609. The minimum Gasteiger partial charge on any atom is -0.444 e. The van der Waals surface area contributed by atoms with E-state index in [1.165, 1.54) is 0 Å². The van der Waals surface area contributed by atoms with Gasteiger partial charge in [0.15, 0.2) is 5.60 Å². The van der Waals surface area contributed by atoms with Crippen molar-refractivity contribution in [1.29, 1.82) is 0 Å². The van der Waals surface area contributed by atoms with Gasteiger partial charge in [-0.1, -0.05) is 6.07 Å². The third-order valence-corrected chi connectivity index (χ3v) is 5.17. The van der Waals surface area contributed by atoms with Crippen molar-refractivity contribution >= 4 is 23.2 Å². The second-order valence-corrected chi connectivity index (χ2v) is 9.97. The second-order valence-electron chi connectivity index (χ2n) is 9.97. The van der Waals surface area contributed by atoms with Crippen LogP contribution in [0.1, 0.15) is 46.0 Å². The number of aromatic nitrogens is 2. The van der Waals surface area contributed by atoms with Crippen molar-refractivity contribution in [3.63, 3.8) is 0 Å². The van der Waals surface area contributed by atoms with E-state index < -0.39 is 48.5 Å². The van der Waals surface area contributed by atoms with Gasteiger partial charge in [0.1, 0.15) is 11.4 Å². The van der Waals surface area contributed by atoms with E-state index in [4.69, 9.17) is 4.74 Å². The Hall–Kier alpha value is -3.16. The first kappa shape index (κ1) is 30.1. The Morgan fingerprint density at radius 3 is 2.38 bits per heavy atom. The van der Waals surface area contributed by atoms with E-state index in [0.717, 1.165) is 25.9 Å². The first-order valence-corrected chi connectivity index (χ1v) is 11.3. The number of hydrogen-bond donors (Lipinski definition) is 3. The number of alkyl carbamates (subject to hydrolysis) is 1. The first-order valence-electron chi connectivity index (χ1n) is 11.3. The molecule has 1 aromatic carbocycles. The molecule has 3 rings (SSSR count). The van der Waals surface area contributed by atoms with Gasteiger partial charge in [-0.15, -0.1) is 0 Å². The molecule has 208 valence electrons. The van der Waals surface area contributed by atoms with Crippen LogP contribution in [0.25, 0.3) is 11.0 Å². The molecule has 0 atom stereocenters. The largest absolute Gasteiger partial charge is 0.444 e. The number of rotatable bonds is 5. The van der Waals surface area contributed by atoms with Crippen LogP contribution < -0.4 is 10.6 Å². The molecule has 2 aromatic rings. The van der Waals surface area contributed by atoms with Gasteiger partial charge < -0.3 is 30.0 Å². The van der Waals surface area contributed by atoms with E-state index in [9.17, 15) is 31.5 Å². The Morgan fingerprint density at radius 1 is 1.19 bits per heavy atom. The van der Waals surface area contributed by atoms with Crippen LogP contribution in [-0.2, 0) is 22.6 Å². The van der Waals surface area contributed by atoms with Gasteiger partial charge in [0, 0.05) is 13.7 Å². The second kappa shape index (κ2) is 11.1. The summed E-state index contributed by atoms with van der Waals surface area (Å²) in [4.78, 5) is 32.1. The summed E-state index contributed by atoms with van der Waals surface area (Å²) in [5, 5.41) is 4.80. The molecule has 0 unspecified atom stereocenters. The molecule has 3 amide bonds. The standard InChI is InChI=1S/C18H23F2N5O3.C5H9F3O/c1-17(2,3)28-16(27)21-7-14-23-12-5-4-11(6-13(12)24-14)8-25-10-18(19,20)9-22-15(25)26;1-4(2,9-3)5(6,7)8/h4-6H,7-10H2,1-3H3,(H,21,27)(H,22,26)(H,23,24);1-3H3. The molecule has 0 spiro atoms. The third-order valence-electron chi connectivity index (χ3n) is 5.17. The molecule has 0 saturated carbocycles. The quantitative estimate of drug-likeness (QED) is 0.479. The van der Waals surface area contributed by atoms with Crippen molar-refractivity contribution in [1.82, 2.24) is 25.5 Å². The molecule has 3 N–H and O–H groups in total. The number of fused-ring (bicyclic) bond motifs is 1. The lowest BCUT2D eigenvalue weighted by atomic mass is 10.1. The van der Waals surface area contributed by atoms with Crippen LogP contribution in [-0.4, -0.2) is 70.5 Å². The predicted molar refractivity (Wildman–Crippen MR) is 125 cm³/mol. The Balaban J connectivity index is 0.000000458. The van der Waals surface area contributed by atoms with Crippen molar-refractivity contribution in [2.75, 3.05) is 20.2 Å². The molecular formula is C23H32F5N5O4. The van der Waals surface area contributed by atoms with Crippen molar-refractivity contribution in [3.05, 3.63) is 29.6 Å². The van der Waals surface area contributed by atoms with E-state index in [1.807, 2.05) is 0 Å². The van der Waals surface area contributed by atoms with Crippen LogP contribution in [0.3, 0.4) is 0 Å². The normalized spacial score (nSPS) is 16.1. The molecule has 0 aliphatic carbocycles. The summed E-state index contributed by atoms with van der Waals surface area (Å²) in [6.07, 6.45) is -4.83. The summed E-state index contributed by atoms with van der Waals surface area (Å²) in [6, 6.07) is 4.70. The lowest BCUT2D eigenvalue weighted by molar-refractivity contribution is -0.255.